The number of benzene rings is 2. The van der Waals surface area contributed by atoms with Crippen LogP contribution in [0.1, 0.15) is 18.1 Å². The summed E-state index contributed by atoms with van der Waals surface area (Å²) in [6.07, 6.45) is 0. The fourth-order valence-electron chi connectivity index (χ4n) is 1.84. The zero-order valence-electron chi connectivity index (χ0n) is 11.2. The average Bonchev–Trinajstić information content (AvgIpc) is 2.40. The van der Waals surface area contributed by atoms with Crippen molar-refractivity contribution in [3.63, 3.8) is 0 Å². The van der Waals surface area contributed by atoms with E-state index in [1.807, 2.05) is 36.4 Å². The van der Waals surface area contributed by atoms with Gasteiger partial charge in [-0.25, -0.2) is 0 Å². The van der Waals surface area contributed by atoms with Crippen LogP contribution in [0.4, 0.5) is 0 Å². The van der Waals surface area contributed by atoms with Crippen molar-refractivity contribution in [2.45, 2.75) is 20.4 Å². The van der Waals surface area contributed by atoms with E-state index in [1.54, 1.807) is 0 Å². The van der Waals surface area contributed by atoms with Crippen molar-refractivity contribution >= 4 is 11.6 Å². The first-order valence-corrected chi connectivity index (χ1v) is 6.81. The third-order valence-electron chi connectivity index (χ3n) is 2.94. The van der Waals surface area contributed by atoms with Gasteiger partial charge < -0.3 is 10.1 Å². The van der Waals surface area contributed by atoms with E-state index in [4.69, 9.17) is 16.3 Å². The van der Waals surface area contributed by atoms with Gasteiger partial charge in [-0.1, -0.05) is 36.7 Å². The molecule has 0 atom stereocenters. The Labute approximate surface area is 119 Å². The van der Waals surface area contributed by atoms with E-state index in [0.29, 0.717) is 10.8 Å². The number of ether oxygens (including phenoxy) is 1. The lowest BCUT2D eigenvalue weighted by Crippen LogP contribution is -2.12. The summed E-state index contributed by atoms with van der Waals surface area (Å²) in [7, 11) is 0. The van der Waals surface area contributed by atoms with Crippen LogP contribution in [0.3, 0.4) is 0 Å². The number of hydrogen-bond donors (Lipinski definition) is 1. The normalized spacial score (nSPS) is 10.5. The van der Waals surface area contributed by atoms with E-state index in [9.17, 15) is 0 Å². The van der Waals surface area contributed by atoms with Gasteiger partial charge >= 0.3 is 0 Å². The van der Waals surface area contributed by atoms with E-state index in [2.05, 4.69) is 25.2 Å². The first-order valence-electron chi connectivity index (χ1n) is 6.43. The van der Waals surface area contributed by atoms with Gasteiger partial charge in [-0.2, -0.15) is 0 Å². The molecule has 2 aromatic rings. The molecule has 0 saturated heterocycles. The molecule has 0 bridgehead atoms. The van der Waals surface area contributed by atoms with Gasteiger partial charge in [0.05, 0.1) is 5.02 Å². The first-order chi connectivity index (χ1) is 9.20. The highest BCUT2D eigenvalue weighted by Crippen LogP contribution is 2.29. The van der Waals surface area contributed by atoms with Crippen molar-refractivity contribution in [2.75, 3.05) is 6.54 Å². The van der Waals surface area contributed by atoms with Crippen molar-refractivity contribution in [1.82, 2.24) is 5.32 Å². The fraction of sp³-hybridized carbons (Fsp3) is 0.250. The molecule has 0 amide bonds. The average molecular weight is 276 g/mol. The minimum Gasteiger partial charge on any atom is -0.456 e. The summed E-state index contributed by atoms with van der Waals surface area (Å²) < 4.78 is 5.80. The minimum atomic E-state index is 0.622. The van der Waals surface area contributed by atoms with Gasteiger partial charge in [-0.05, 0) is 48.9 Å². The van der Waals surface area contributed by atoms with Gasteiger partial charge in [-0.3, -0.25) is 0 Å². The highest BCUT2D eigenvalue weighted by molar-refractivity contribution is 6.32. The maximum absolute atomic E-state index is 6.08. The largest absolute Gasteiger partial charge is 0.456 e. The molecule has 0 aliphatic rings. The third-order valence-corrected chi connectivity index (χ3v) is 3.26. The van der Waals surface area contributed by atoms with Crippen LogP contribution in [0.5, 0.6) is 11.5 Å². The second-order valence-electron chi connectivity index (χ2n) is 4.40. The Hall–Kier alpha value is -1.51. The van der Waals surface area contributed by atoms with Crippen molar-refractivity contribution < 1.29 is 4.74 Å². The molecule has 3 heteroatoms. The molecule has 1 N–H and O–H groups in total. The number of aryl methyl sites for hydroxylation is 1. The summed E-state index contributed by atoms with van der Waals surface area (Å²) in [6.45, 7) is 6.04. The van der Waals surface area contributed by atoms with E-state index >= 15 is 0 Å². The van der Waals surface area contributed by atoms with Gasteiger partial charge in [0.25, 0.3) is 0 Å². The molecule has 0 saturated carbocycles. The van der Waals surface area contributed by atoms with Gasteiger partial charge in [-0.15, -0.1) is 0 Å². The molecule has 0 fully saturated rings. The molecule has 2 rings (SSSR count). The lowest BCUT2D eigenvalue weighted by atomic mass is 10.1. The van der Waals surface area contributed by atoms with Gasteiger partial charge in [0, 0.05) is 6.54 Å². The summed E-state index contributed by atoms with van der Waals surface area (Å²) in [6, 6.07) is 13.6. The Kier molecular flexibility index (Phi) is 4.83. The molecule has 0 spiro atoms. The summed E-state index contributed by atoms with van der Waals surface area (Å²) in [5.41, 5.74) is 2.50. The number of para-hydroxylation sites is 1. The summed E-state index contributed by atoms with van der Waals surface area (Å²) >= 11 is 6.08. The molecular formula is C16H18ClNO. The number of halogens is 1. The molecule has 0 heterocycles. The predicted octanol–water partition coefficient (Wildman–Crippen LogP) is 4.55. The monoisotopic (exact) mass is 275 g/mol. The molecule has 2 nitrogen and oxygen atoms in total. The molecule has 0 unspecified atom stereocenters. The lowest BCUT2D eigenvalue weighted by molar-refractivity contribution is 0.482. The zero-order chi connectivity index (χ0) is 13.7. The highest BCUT2D eigenvalue weighted by atomic mass is 35.5. The predicted molar refractivity (Wildman–Crippen MR) is 80.1 cm³/mol. The van der Waals surface area contributed by atoms with Crippen LogP contribution < -0.4 is 10.1 Å². The number of hydrogen-bond acceptors (Lipinski definition) is 2. The third kappa shape index (κ3) is 3.72. The molecule has 19 heavy (non-hydrogen) atoms. The Morgan fingerprint density at radius 3 is 2.63 bits per heavy atom. The summed E-state index contributed by atoms with van der Waals surface area (Å²) in [5.74, 6) is 1.49. The number of rotatable bonds is 5. The second kappa shape index (κ2) is 6.60. The zero-order valence-corrected chi connectivity index (χ0v) is 12.0. The van der Waals surface area contributed by atoms with Crippen molar-refractivity contribution in [1.29, 1.82) is 0 Å². The smallest absolute Gasteiger partial charge is 0.146 e. The molecular weight excluding hydrogens is 258 g/mol. The number of nitrogens with one attached hydrogen (secondary N) is 1. The van der Waals surface area contributed by atoms with Crippen molar-refractivity contribution in [2.24, 2.45) is 0 Å². The summed E-state index contributed by atoms with van der Waals surface area (Å²) in [5, 5.41) is 3.94. The Balaban J connectivity index is 2.14. The Morgan fingerprint density at radius 2 is 1.95 bits per heavy atom. The maximum Gasteiger partial charge on any atom is 0.146 e. The molecule has 0 aliphatic heterocycles. The summed E-state index contributed by atoms with van der Waals surface area (Å²) in [4.78, 5) is 0. The molecule has 2 aromatic carbocycles. The standard InChI is InChI=1S/C16H18ClNO/c1-3-18-11-13-8-9-14(10-12(13)2)19-16-7-5-4-6-15(16)17/h4-10,18H,3,11H2,1-2H3. The van der Waals surface area contributed by atoms with E-state index in [0.717, 1.165) is 18.8 Å². The Bertz CT molecular complexity index is 554. The van der Waals surface area contributed by atoms with Crippen molar-refractivity contribution in [3.8, 4) is 11.5 Å². The highest BCUT2D eigenvalue weighted by Gasteiger charge is 2.04. The van der Waals surface area contributed by atoms with E-state index < -0.39 is 0 Å². The van der Waals surface area contributed by atoms with E-state index in [1.165, 1.54) is 11.1 Å². The SMILES string of the molecule is CCNCc1ccc(Oc2ccccc2Cl)cc1C. The van der Waals surface area contributed by atoms with Crippen LogP contribution >= 0.6 is 11.6 Å². The minimum absolute atomic E-state index is 0.622. The van der Waals surface area contributed by atoms with Crippen molar-refractivity contribution in [3.05, 3.63) is 58.6 Å². The fourth-order valence-corrected chi connectivity index (χ4v) is 2.02. The van der Waals surface area contributed by atoms with Crippen LogP contribution in [0, 0.1) is 6.92 Å². The van der Waals surface area contributed by atoms with Crippen LogP contribution in [-0.4, -0.2) is 6.54 Å². The molecule has 0 radical (unpaired) electrons. The first kappa shape index (κ1) is 13.9. The van der Waals surface area contributed by atoms with Crippen LogP contribution in [-0.2, 0) is 6.54 Å². The van der Waals surface area contributed by atoms with Crippen LogP contribution in [0.2, 0.25) is 5.02 Å². The van der Waals surface area contributed by atoms with Gasteiger partial charge in [0.2, 0.25) is 0 Å². The molecule has 0 aromatic heterocycles. The van der Waals surface area contributed by atoms with Crippen LogP contribution in [0.15, 0.2) is 42.5 Å². The lowest BCUT2D eigenvalue weighted by Gasteiger charge is -2.11. The maximum atomic E-state index is 6.08. The Morgan fingerprint density at radius 1 is 1.16 bits per heavy atom. The van der Waals surface area contributed by atoms with Gasteiger partial charge in [0.1, 0.15) is 11.5 Å². The topological polar surface area (TPSA) is 21.3 Å². The van der Waals surface area contributed by atoms with Crippen LogP contribution in [0.25, 0.3) is 0 Å². The van der Waals surface area contributed by atoms with Gasteiger partial charge in [0.15, 0.2) is 0 Å². The quantitative estimate of drug-likeness (QED) is 0.864. The molecule has 0 aliphatic carbocycles. The molecule has 100 valence electrons. The van der Waals surface area contributed by atoms with E-state index in [-0.39, 0.29) is 0 Å². The second-order valence-corrected chi connectivity index (χ2v) is 4.81.